The number of hydrogen-bond acceptors (Lipinski definition) is 3. The Labute approximate surface area is 132 Å². The van der Waals surface area contributed by atoms with Gasteiger partial charge < -0.3 is 10.6 Å². The van der Waals surface area contributed by atoms with Crippen molar-refractivity contribution in [3.63, 3.8) is 0 Å². The maximum atomic E-state index is 12.1. The topological polar surface area (TPSA) is 57.3 Å². The summed E-state index contributed by atoms with van der Waals surface area (Å²) in [6.07, 6.45) is 5.49. The summed E-state index contributed by atoms with van der Waals surface area (Å²) in [7, 11) is 0. The lowest BCUT2D eigenvalue weighted by atomic mass is 10.0. The van der Waals surface area contributed by atoms with E-state index >= 15 is 0 Å². The van der Waals surface area contributed by atoms with E-state index in [4.69, 9.17) is 0 Å². The molecule has 0 aromatic carbocycles. The number of pyridine rings is 1. The molecule has 5 heteroatoms. The molecule has 1 atom stereocenters. The number of aromatic nitrogens is 1. The van der Waals surface area contributed by atoms with Crippen molar-refractivity contribution in [3.05, 3.63) is 42.2 Å². The molecule has 0 unspecified atom stereocenters. The molecule has 5 nitrogen and oxygen atoms in total. The van der Waals surface area contributed by atoms with E-state index in [0.717, 1.165) is 38.0 Å². The highest BCUT2D eigenvalue weighted by Gasteiger charge is 2.21. The number of rotatable bonds is 5. The minimum Gasteiger partial charge on any atom is -0.335 e. The average molecular weight is 302 g/mol. The summed E-state index contributed by atoms with van der Waals surface area (Å²) in [5, 5.41) is 6.04. The van der Waals surface area contributed by atoms with Gasteiger partial charge in [-0.25, -0.2) is 4.79 Å². The number of carbonyl (C=O) groups excluding carboxylic acids is 1. The Bertz CT molecular complexity index is 495. The Balaban J connectivity index is 1.73. The quantitative estimate of drug-likeness (QED) is 0.822. The third-order valence-corrected chi connectivity index (χ3v) is 3.95. The molecule has 2 amide bonds. The molecule has 0 saturated carbocycles. The molecule has 0 spiro atoms. The van der Waals surface area contributed by atoms with E-state index in [9.17, 15) is 4.79 Å². The number of nitrogens with one attached hydrogen (secondary N) is 2. The van der Waals surface area contributed by atoms with Gasteiger partial charge in [-0.1, -0.05) is 18.2 Å². The lowest BCUT2D eigenvalue weighted by molar-refractivity contribution is 0.200. The van der Waals surface area contributed by atoms with Gasteiger partial charge in [0.15, 0.2) is 0 Å². The van der Waals surface area contributed by atoms with Crippen LogP contribution in [0.25, 0.3) is 0 Å². The second kappa shape index (κ2) is 7.94. The first kappa shape index (κ1) is 16.5. The molecule has 1 aliphatic heterocycles. The van der Waals surface area contributed by atoms with E-state index in [1.54, 1.807) is 12.4 Å². The van der Waals surface area contributed by atoms with Gasteiger partial charge >= 0.3 is 6.03 Å². The zero-order valence-corrected chi connectivity index (χ0v) is 13.5. The van der Waals surface area contributed by atoms with Gasteiger partial charge in [-0.3, -0.25) is 9.88 Å². The fourth-order valence-corrected chi connectivity index (χ4v) is 2.76. The van der Waals surface area contributed by atoms with Crippen LogP contribution < -0.4 is 10.6 Å². The normalized spacial score (nSPS) is 17.7. The minimum atomic E-state index is -0.102. The third-order valence-electron chi connectivity index (χ3n) is 3.95. The summed E-state index contributed by atoms with van der Waals surface area (Å²) >= 11 is 0. The van der Waals surface area contributed by atoms with Crippen molar-refractivity contribution in [1.29, 1.82) is 0 Å². The monoisotopic (exact) mass is 302 g/mol. The third kappa shape index (κ3) is 5.15. The highest BCUT2D eigenvalue weighted by Crippen LogP contribution is 2.13. The van der Waals surface area contributed by atoms with Crippen molar-refractivity contribution >= 4 is 6.03 Å². The molecule has 1 aromatic heterocycles. The molecule has 22 heavy (non-hydrogen) atoms. The van der Waals surface area contributed by atoms with Crippen molar-refractivity contribution < 1.29 is 4.79 Å². The van der Waals surface area contributed by atoms with Crippen molar-refractivity contribution in [1.82, 2.24) is 20.5 Å². The first-order valence-electron chi connectivity index (χ1n) is 7.88. The first-order valence-corrected chi connectivity index (χ1v) is 7.88. The summed E-state index contributed by atoms with van der Waals surface area (Å²) in [5.41, 5.74) is 2.20. The van der Waals surface area contributed by atoms with Crippen molar-refractivity contribution in [2.24, 2.45) is 0 Å². The number of hydrogen-bond donors (Lipinski definition) is 2. The Morgan fingerprint density at radius 3 is 2.82 bits per heavy atom. The molecule has 0 aliphatic carbocycles. The molecule has 0 radical (unpaired) electrons. The zero-order valence-electron chi connectivity index (χ0n) is 13.5. The van der Waals surface area contributed by atoms with Crippen LogP contribution >= 0.6 is 0 Å². The smallest absolute Gasteiger partial charge is 0.315 e. The van der Waals surface area contributed by atoms with Gasteiger partial charge in [-0.15, -0.1) is 0 Å². The molecule has 120 valence electrons. The van der Waals surface area contributed by atoms with E-state index in [1.165, 1.54) is 5.57 Å². The van der Waals surface area contributed by atoms with Crippen LogP contribution in [0.5, 0.6) is 0 Å². The van der Waals surface area contributed by atoms with Crippen molar-refractivity contribution in [2.45, 2.75) is 38.8 Å². The van der Waals surface area contributed by atoms with Gasteiger partial charge in [0, 0.05) is 38.1 Å². The van der Waals surface area contributed by atoms with Crippen LogP contribution in [0, 0.1) is 0 Å². The molecule has 1 saturated heterocycles. The largest absolute Gasteiger partial charge is 0.335 e. The second-order valence-corrected chi connectivity index (χ2v) is 6.13. The van der Waals surface area contributed by atoms with E-state index in [0.29, 0.717) is 0 Å². The van der Waals surface area contributed by atoms with Crippen LogP contribution in [0.15, 0.2) is 36.7 Å². The zero-order chi connectivity index (χ0) is 15.9. The Morgan fingerprint density at radius 2 is 2.23 bits per heavy atom. The van der Waals surface area contributed by atoms with Crippen LogP contribution in [-0.4, -0.2) is 41.6 Å². The number of urea groups is 1. The van der Waals surface area contributed by atoms with Gasteiger partial charge in [-0.2, -0.15) is 0 Å². The highest BCUT2D eigenvalue weighted by molar-refractivity contribution is 5.74. The summed E-state index contributed by atoms with van der Waals surface area (Å²) in [6.45, 7) is 10.9. The molecule has 0 bridgehead atoms. The van der Waals surface area contributed by atoms with Gasteiger partial charge in [-0.05, 0) is 38.3 Å². The maximum Gasteiger partial charge on any atom is 0.315 e. The average Bonchev–Trinajstić information content (AvgIpc) is 2.49. The molecule has 1 fully saturated rings. The SMILES string of the molecule is C=C(C)CN1CCC(NC(=O)N[C@H](C)c2cccnc2)CC1. The summed E-state index contributed by atoms with van der Waals surface area (Å²) in [6, 6.07) is 3.95. The fourth-order valence-electron chi connectivity index (χ4n) is 2.76. The molecular weight excluding hydrogens is 276 g/mol. The second-order valence-electron chi connectivity index (χ2n) is 6.13. The van der Waals surface area contributed by atoms with Crippen LogP contribution in [0.1, 0.15) is 38.3 Å². The predicted octanol–water partition coefficient (Wildman–Crippen LogP) is 2.48. The number of carbonyl (C=O) groups is 1. The Kier molecular flexibility index (Phi) is 5.95. The van der Waals surface area contributed by atoms with Gasteiger partial charge in [0.05, 0.1) is 6.04 Å². The van der Waals surface area contributed by atoms with Gasteiger partial charge in [0.1, 0.15) is 0 Å². The highest BCUT2D eigenvalue weighted by atomic mass is 16.2. The Morgan fingerprint density at radius 1 is 1.50 bits per heavy atom. The van der Waals surface area contributed by atoms with Crippen LogP contribution in [0.2, 0.25) is 0 Å². The molecule has 2 N–H and O–H groups in total. The van der Waals surface area contributed by atoms with E-state index < -0.39 is 0 Å². The lowest BCUT2D eigenvalue weighted by Crippen LogP contribution is -2.48. The van der Waals surface area contributed by atoms with Crippen molar-refractivity contribution in [2.75, 3.05) is 19.6 Å². The number of piperidine rings is 1. The molecule has 2 rings (SSSR count). The summed E-state index contributed by atoms with van der Waals surface area (Å²) < 4.78 is 0. The van der Waals surface area contributed by atoms with Crippen LogP contribution in [-0.2, 0) is 0 Å². The van der Waals surface area contributed by atoms with Crippen LogP contribution in [0.4, 0.5) is 4.79 Å². The lowest BCUT2D eigenvalue weighted by Gasteiger charge is -2.32. The first-order chi connectivity index (χ1) is 10.5. The summed E-state index contributed by atoms with van der Waals surface area (Å²) in [4.78, 5) is 18.5. The maximum absolute atomic E-state index is 12.1. The molecule has 1 aliphatic rings. The van der Waals surface area contributed by atoms with Gasteiger partial charge in [0.25, 0.3) is 0 Å². The summed E-state index contributed by atoms with van der Waals surface area (Å²) in [5.74, 6) is 0. The van der Waals surface area contributed by atoms with E-state index in [-0.39, 0.29) is 18.1 Å². The van der Waals surface area contributed by atoms with Crippen LogP contribution in [0.3, 0.4) is 0 Å². The Hall–Kier alpha value is -1.88. The van der Waals surface area contributed by atoms with Gasteiger partial charge in [0.2, 0.25) is 0 Å². The standard InChI is InChI=1S/C17H26N4O/c1-13(2)12-21-9-6-16(7-10-21)20-17(22)19-14(3)15-5-4-8-18-11-15/h4-5,8,11,14,16H,1,6-7,9-10,12H2,2-3H3,(H2,19,20,22)/t14-/m1/s1. The molecule has 2 heterocycles. The number of likely N-dealkylation sites (tertiary alicyclic amines) is 1. The fraction of sp³-hybridized carbons (Fsp3) is 0.529. The predicted molar refractivity (Wildman–Crippen MR) is 88.6 cm³/mol. The van der Waals surface area contributed by atoms with E-state index in [1.807, 2.05) is 19.1 Å². The number of nitrogens with zero attached hydrogens (tertiary/aromatic N) is 2. The minimum absolute atomic E-state index is 0.0443. The number of amides is 2. The molecule has 1 aromatic rings. The molecular formula is C17H26N4O. The van der Waals surface area contributed by atoms with E-state index in [2.05, 4.69) is 34.0 Å². The van der Waals surface area contributed by atoms with Crippen molar-refractivity contribution in [3.8, 4) is 0 Å².